The molecule has 1 amide bonds. The zero-order valence-electron chi connectivity index (χ0n) is 14.7. The predicted molar refractivity (Wildman–Crippen MR) is 106 cm³/mol. The number of amides is 1. The van der Waals surface area contributed by atoms with Crippen LogP contribution in [-0.4, -0.2) is 50.4 Å². The van der Waals surface area contributed by atoms with Crippen molar-refractivity contribution in [3.8, 4) is 0 Å². The van der Waals surface area contributed by atoms with E-state index in [1.165, 1.54) is 17.1 Å². The molecule has 3 heterocycles. The van der Waals surface area contributed by atoms with E-state index in [1.54, 1.807) is 12.4 Å². The summed E-state index contributed by atoms with van der Waals surface area (Å²) >= 11 is 2.02. The molecule has 26 heavy (non-hydrogen) atoms. The van der Waals surface area contributed by atoms with Crippen molar-refractivity contribution in [2.24, 2.45) is 0 Å². The van der Waals surface area contributed by atoms with Crippen molar-refractivity contribution in [3.63, 3.8) is 0 Å². The van der Waals surface area contributed by atoms with Crippen LogP contribution >= 0.6 is 11.8 Å². The molecule has 6 nitrogen and oxygen atoms in total. The third-order valence-electron chi connectivity index (χ3n) is 4.56. The minimum absolute atomic E-state index is 0.223. The van der Waals surface area contributed by atoms with Gasteiger partial charge in [-0.25, -0.2) is 9.97 Å². The highest BCUT2D eigenvalue weighted by Gasteiger charge is 2.13. The van der Waals surface area contributed by atoms with Crippen LogP contribution in [0.1, 0.15) is 21.6 Å². The van der Waals surface area contributed by atoms with E-state index in [9.17, 15) is 4.79 Å². The Morgan fingerprint density at radius 1 is 1.27 bits per heavy atom. The summed E-state index contributed by atoms with van der Waals surface area (Å²) in [5.41, 5.74) is 4.88. The Hall–Kier alpha value is -2.38. The van der Waals surface area contributed by atoms with Crippen LogP contribution in [0.25, 0.3) is 11.2 Å². The molecule has 1 fully saturated rings. The van der Waals surface area contributed by atoms with E-state index in [1.807, 2.05) is 30.8 Å². The molecule has 1 aromatic carbocycles. The molecular weight excluding hydrogens is 346 g/mol. The second-order valence-electron chi connectivity index (χ2n) is 6.46. The molecular formula is C19H21N5OS. The number of aromatic nitrogens is 3. The molecule has 134 valence electrons. The molecule has 0 aliphatic carbocycles. The summed E-state index contributed by atoms with van der Waals surface area (Å²) in [5, 5.41) is 2.96. The summed E-state index contributed by atoms with van der Waals surface area (Å²) in [4.78, 5) is 26.4. The zero-order valence-corrected chi connectivity index (χ0v) is 15.5. The minimum Gasteiger partial charge on any atom is -0.343 e. The smallest absolute Gasteiger partial charge is 0.274 e. The molecule has 2 N–H and O–H groups in total. The number of thioether (sulfide) groups is 1. The number of anilines is 1. The van der Waals surface area contributed by atoms with Crippen LogP contribution in [0.2, 0.25) is 0 Å². The van der Waals surface area contributed by atoms with Gasteiger partial charge in [-0.05, 0) is 36.2 Å². The number of aryl methyl sites for hydroxylation is 1. The van der Waals surface area contributed by atoms with Gasteiger partial charge in [0.25, 0.3) is 5.91 Å². The van der Waals surface area contributed by atoms with Crippen molar-refractivity contribution in [1.29, 1.82) is 0 Å². The molecule has 1 saturated heterocycles. The molecule has 1 aliphatic heterocycles. The standard InChI is InChI=1S/C19H21N5OS/c1-13-10-14(11-24-6-8-26-9-7-24)2-3-15(13)23-19(25)17-5-4-16-18(22-17)21-12-20-16/h2-5,10,12H,6-9,11H2,1H3,(H,23,25)(H,20,21,22). The molecule has 3 aromatic rings. The molecule has 7 heteroatoms. The van der Waals surface area contributed by atoms with Crippen molar-refractivity contribution in [1.82, 2.24) is 19.9 Å². The summed E-state index contributed by atoms with van der Waals surface area (Å²) in [7, 11) is 0. The number of benzene rings is 1. The van der Waals surface area contributed by atoms with Crippen LogP contribution in [0.15, 0.2) is 36.7 Å². The van der Waals surface area contributed by atoms with Gasteiger partial charge in [0, 0.05) is 36.8 Å². The number of nitrogens with zero attached hydrogens (tertiary/aromatic N) is 3. The Bertz CT molecular complexity index is 933. The lowest BCUT2D eigenvalue weighted by Crippen LogP contribution is -2.31. The number of aromatic amines is 1. The van der Waals surface area contributed by atoms with E-state index < -0.39 is 0 Å². The first-order valence-corrected chi connectivity index (χ1v) is 9.85. The maximum atomic E-state index is 12.5. The number of carbonyl (C=O) groups excluding carboxylic acids is 1. The van der Waals surface area contributed by atoms with Gasteiger partial charge < -0.3 is 10.3 Å². The molecule has 4 rings (SSSR count). The second-order valence-corrected chi connectivity index (χ2v) is 7.69. The van der Waals surface area contributed by atoms with E-state index in [0.717, 1.165) is 36.4 Å². The summed E-state index contributed by atoms with van der Waals surface area (Å²) in [6.07, 6.45) is 1.57. The van der Waals surface area contributed by atoms with E-state index in [2.05, 4.69) is 37.3 Å². The van der Waals surface area contributed by atoms with Crippen LogP contribution in [0.3, 0.4) is 0 Å². The lowest BCUT2D eigenvalue weighted by Gasteiger charge is -2.26. The quantitative estimate of drug-likeness (QED) is 0.741. The molecule has 0 bridgehead atoms. The number of hydrogen-bond donors (Lipinski definition) is 2. The molecule has 0 unspecified atom stereocenters. The number of imidazole rings is 1. The zero-order chi connectivity index (χ0) is 17.9. The molecule has 0 radical (unpaired) electrons. The molecule has 0 saturated carbocycles. The van der Waals surface area contributed by atoms with Crippen molar-refractivity contribution >= 4 is 34.5 Å². The Balaban J connectivity index is 1.46. The number of hydrogen-bond acceptors (Lipinski definition) is 5. The average Bonchev–Trinajstić information content (AvgIpc) is 3.12. The molecule has 2 aromatic heterocycles. The second kappa shape index (κ2) is 7.47. The number of fused-ring (bicyclic) bond motifs is 1. The molecule has 0 atom stereocenters. The largest absolute Gasteiger partial charge is 0.343 e. The fourth-order valence-corrected chi connectivity index (χ4v) is 4.10. The highest BCUT2D eigenvalue weighted by Crippen LogP contribution is 2.20. The Labute approximate surface area is 156 Å². The fourth-order valence-electron chi connectivity index (χ4n) is 3.12. The van der Waals surface area contributed by atoms with Crippen LogP contribution in [0.4, 0.5) is 5.69 Å². The van der Waals surface area contributed by atoms with Crippen molar-refractivity contribution in [2.45, 2.75) is 13.5 Å². The van der Waals surface area contributed by atoms with Crippen LogP contribution in [-0.2, 0) is 6.54 Å². The number of rotatable bonds is 4. The topological polar surface area (TPSA) is 73.9 Å². The predicted octanol–water partition coefficient (Wildman–Crippen LogP) is 3.07. The highest BCUT2D eigenvalue weighted by atomic mass is 32.2. The van der Waals surface area contributed by atoms with Gasteiger partial charge in [-0.1, -0.05) is 12.1 Å². The van der Waals surface area contributed by atoms with E-state index in [4.69, 9.17) is 0 Å². The third-order valence-corrected chi connectivity index (χ3v) is 5.51. The highest BCUT2D eigenvalue weighted by molar-refractivity contribution is 7.99. The summed E-state index contributed by atoms with van der Waals surface area (Å²) in [5.74, 6) is 2.19. The molecule has 1 aliphatic rings. The van der Waals surface area contributed by atoms with E-state index in [0.29, 0.717) is 11.3 Å². The first kappa shape index (κ1) is 17.1. The Morgan fingerprint density at radius 2 is 2.12 bits per heavy atom. The Morgan fingerprint density at radius 3 is 2.92 bits per heavy atom. The monoisotopic (exact) mass is 367 g/mol. The minimum atomic E-state index is -0.223. The maximum absolute atomic E-state index is 12.5. The van der Waals surface area contributed by atoms with Crippen molar-refractivity contribution in [2.75, 3.05) is 29.9 Å². The third kappa shape index (κ3) is 3.73. The first-order valence-electron chi connectivity index (χ1n) is 8.70. The van der Waals surface area contributed by atoms with Gasteiger partial charge in [0.15, 0.2) is 5.65 Å². The fraction of sp³-hybridized carbons (Fsp3) is 0.316. The van der Waals surface area contributed by atoms with Crippen LogP contribution in [0.5, 0.6) is 0 Å². The summed E-state index contributed by atoms with van der Waals surface area (Å²) < 4.78 is 0. The maximum Gasteiger partial charge on any atom is 0.274 e. The average molecular weight is 367 g/mol. The van der Waals surface area contributed by atoms with Gasteiger partial charge in [-0.2, -0.15) is 11.8 Å². The van der Waals surface area contributed by atoms with Gasteiger partial charge in [0.1, 0.15) is 5.69 Å². The Kier molecular flexibility index (Phi) is 4.90. The normalized spacial score (nSPS) is 15.3. The molecule has 0 spiro atoms. The van der Waals surface area contributed by atoms with Crippen molar-refractivity contribution < 1.29 is 4.79 Å². The van der Waals surface area contributed by atoms with Gasteiger partial charge in [0.2, 0.25) is 0 Å². The summed E-state index contributed by atoms with van der Waals surface area (Å²) in [6.45, 7) is 5.27. The number of carbonyl (C=O) groups is 1. The summed E-state index contributed by atoms with van der Waals surface area (Å²) in [6, 6.07) is 9.75. The SMILES string of the molecule is Cc1cc(CN2CCSCC2)ccc1NC(=O)c1ccc2[nH]cnc2n1. The van der Waals surface area contributed by atoms with Crippen LogP contribution < -0.4 is 5.32 Å². The number of pyridine rings is 1. The van der Waals surface area contributed by atoms with Gasteiger partial charge in [-0.3, -0.25) is 9.69 Å². The van der Waals surface area contributed by atoms with E-state index >= 15 is 0 Å². The number of H-pyrrole nitrogens is 1. The van der Waals surface area contributed by atoms with Gasteiger partial charge in [0.05, 0.1) is 11.8 Å². The lowest BCUT2D eigenvalue weighted by atomic mass is 10.1. The van der Waals surface area contributed by atoms with E-state index in [-0.39, 0.29) is 5.91 Å². The van der Waals surface area contributed by atoms with Gasteiger partial charge in [-0.15, -0.1) is 0 Å². The van der Waals surface area contributed by atoms with Gasteiger partial charge >= 0.3 is 0 Å². The lowest BCUT2D eigenvalue weighted by molar-refractivity contribution is 0.102. The van der Waals surface area contributed by atoms with Crippen molar-refractivity contribution in [3.05, 3.63) is 53.5 Å². The van der Waals surface area contributed by atoms with Crippen LogP contribution in [0, 0.1) is 6.92 Å². The number of nitrogens with one attached hydrogen (secondary N) is 2. The first-order chi connectivity index (χ1) is 12.7.